The number of hydrogen-bond acceptors (Lipinski definition) is 4. The third-order valence-corrected chi connectivity index (χ3v) is 2.62. The van der Waals surface area contributed by atoms with Gasteiger partial charge in [0.25, 0.3) is 5.91 Å². The van der Waals surface area contributed by atoms with Crippen molar-refractivity contribution < 1.29 is 4.79 Å². The van der Waals surface area contributed by atoms with E-state index in [4.69, 9.17) is 0 Å². The van der Waals surface area contributed by atoms with E-state index in [9.17, 15) is 4.79 Å². The normalized spacial score (nSPS) is 18.2. The van der Waals surface area contributed by atoms with E-state index in [1.165, 1.54) is 0 Å². The molecular weight excluding hydrogens is 216 g/mol. The molecule has 0 bridgehead atoms. The summed E-state index contributed by atoms with van der Waals surface area (Å²) in [6, 6.07) is 9.60. The second-order valence-corrected chi connectivity index (χ2v) is 4.06. The lowest BCUT2D eigenvalue weighted by molar-refractivity contribution is -0.134. The summed E-state index contributed by atoms with van der Waals surface area (Å²) >= 11 is 0. The summed E-state index contributed by atoms with van der Waals surface area (Å²) in [5.74, 6) is -0.0292. The van der Waals surface area contributed by atoms with Gasteiger partial charge in [-0.25, -0.2) is 5.01 Å². The number of anilines is 1. The highest BCUT2D eigenvalue weighted by Gasteiger charge is 2.29. The van der Waals surface area contributed by atoms with Crippen molar-refractivity contribution in [2.45, 2.75) is 6.42 Å². The van der Waals surface area contributed by atoms with E-state index in [1.807, 2.05) is 44.4 Å². The fourth-order valence-electron chi connectivity index (χ4n) is 1.70. The largest absolute Gasteiger partial charge is 0.284 e. The molecular formula is C12H16N4O. The third kappa shape index (κ3) is 2.62. The Balaban J connectivity index is 2.02. The van der Waals surface area contributed by atoms with Crippen LogP contribution in [0, 0.1) is 0 Å². The Morgan fingerprint density at radius 2 is 2.00 bits per heavy atom. The molecule has 0 spiro atoms. The van der Waals surface area contributed by atoms with E-state index in [-0.39, 0.29) is 5.91 Å². The van der Waals surface area contributed by atoms with Gasteiger partial charge in [0.2, 0.25) is 0 Å². The van der Waals surface area contributed by atoms with Crippen LogP contribution < -0.4 is 5.43 Å². The highest BCUT2D eigenvalue weighted by Crippen LogP contribution is 2.11. The van der Waals surface area contributed by atoms with Gasteiger partial charge in [-0.2, -0.15) is 5.10 Å². The molecule has 0 aliphatic carbocycles. The van der Waals surface area contributed by atoms with Crippen molar-refractivity contribution in [1.29, 1.82) is 0 Å². The lowest BCUT2D eigenvalue weighted by atomic mass is 10.3. The molecule has 1 N–H and O–H groups in total. The van der Waals surface area contributed by atoms with Gasteiger partial charge in [-0.15, -0.1) is 0 Å². The van der Waals surface area contributed by atoms with Crippen LogP contribution in [0.15, 0.2) is 35.4 Å². The number of amides is 1. The molecule has 1 aromatic carbocycles. The Kier molecular flexibility index (Phi) is 3.39. The van der Waals surface area contributed by atoms with Crippen molar-refractivity contribution in [2.24, 2.45) is 5.10 Å². The van der Waals surface area contributed by atoms with Gasteiger partial charge in [-0.1, -0.05) is 18.2 Å². The average molecular weight is 232 g/mol. The zero-order valence-corrected chi connectivity index (χ0v) is 10.1. The number of carbonyl (C=O) groups excluding carboxylic acids is 1. The van der Waals surface area contributed by atoms with Crippen LogP contribution in [0.1, 0.15) is 6.42 Å². The number of rotatable bonds is 3. The highest BCUT2D eigenvalue weighted by atomic mass is 16.2. The van der Waals surface area contributed by atoms with Crippen molar-refractivity contribution >= 4 is 17.3 Å². The van der Waals surface area contributed by atoms with Crippen molar-refractivity contribution in [1.82, 2.24) is 10.0 Å². The van der Waals surface area contributed by atoms with E-state index >= 15 is 0 Å². The maximum Gasteiger partial charge on any atom is 0.284 e. The lowest BCUT2D eigenvalue weighted by Crippen LogP contribution is -2.39. The van der Waals surface area contributed by atoms with Gasteiger partial charge in [-0.05, 0) is 12.1 Å². The maximum atomic E-state index is 11.9. The fraction of sp³-hybridized carbons (Fsp3) is 0.333. The molecule has 17 heavy (non-hydrogen) atoms. The Morgan fingerprint density at radius 3 is 2.59 bits per heavy atom. The van der Waals surface area contributed by atoms with Gasteiger partial charge in [0.15, 0.2) is 0 Å². The summed E-state index contributed by atoms with van der Waals surface area (Å²) in [4.78, 5) is 11.9. The molecule has 1 heterocycles. The van der Waals surface area contributed by atoms with E-state index in [0.717, 1.165) is 5.69 Å². The molecule has 5 nitrogen and oxygen atoms in total. The van der Waals surface area contributed by atoms with Gasteiger partial charge in [0.1, 0.15) is 5.71 Å². The fourth-order valence-corrected chi connectivity index (χ4v) is 1.70. The summed E-state index contributed by atoms with van der Waals surface area (Å²) < 4.78 is 0. The lowest BCUT2D eigenvalue weighted by Gasteiger charge is -2.22. The molecule has 0 atom stereocenters. The summed E-state index contributed by atoms with van der Waals surface area (Å²) in [6.45, 7) is 0.696. The number of benzene rings is 1. The Hall–Kier alpha value is -1.88. The van der Waals surface area contributed by atoms with Crippen LogP contribution in [0.3, 0.4) is 0 Å². The van der Waals surface area contributed by atoms with Gasteiger partial charge in [0, 0.05) is 27.1 Å². The molecule has 1 aromatic rings. The molecule has 1 saturated heterocycles. The van der Waals surface area contributed by atoms with Crippen molar-refractivity contribution in [2.75, 3.05) is 26.1 Å². The van der Waals surface area contributed by atoms with E-state index in [0.29, 0.717) is 18.7 Å². The molecule has 90 valence electrons. The first-order valence-electron chi connectivity index (χ1n) is 5.55. The molecule has 0 saturated carbocycles. The number of hydrogen-bond donors (Lipinski definition) is 1. The number of hydrazine groups is 1. The van der Waals surface area contributed by atoms with Crippen LogP contribution in [0.4, 0.5) is 5.69 Å². The number of carbonyl (C=O) groups is 1. The Labute approximate surface area is 101 Å². The predicted octanol–water partition coefficient (Wildman–Crippen LogP) is 1.16. The SMILES string of the molecule is CN(C)N1CCC(=NNc2ccccc2)C1=O. The van der Waals surface area contributed by atoms with Crippen molar-refractivity contribution in [3.8, 4) is 0 Å². The maximum absolute atomic E-state index is 11.9. The van der Waals surface area contributed by atoms with E-state index in [2.05, 4.69) is 10.5 Å². The van der Waals surface area contributed by atoms with Gasteiger partial charge in [-0.3, -0.25) is 15.2 Å². The third-order valence-electron chi connectivity index (χ3n) is 2.62. The Morgan fingerprint density at radius 1 is 1.29 bits per heavy atom. The van der Waals surface area contributed by atoms with Gasteiger partial charge in [0.05, 0.1) is 5.69 Å². The minimum absolute atomic E-state index is 0.0292. The van der Waals surface area contributed by atoms with Gasteiger partial charge >= 0.3 is 0 Å². The Bertz CT molecular complexity index is 427. The first kappa shape index (κ1) is 11.6. The summed E-state index contributed by atoms with van der Waals surface area (Å²) in [7, 11) is 3.71. The van der Waals surface area contributed by atoms with E-state index in [1.54, 1.807) is 10.0 Å². The molecule has 1 aliphatic rings. The van der Waals surface area contributed by atoms with Crippen LogP contribution in [0.2, 0.25) is 0 Å². The minimum Gasteiger partial charge on any atom is -0.278 e. The van der Waals surface area contributed by atoms with Crippen LogP contribution >= 0.6 is 0 Å². The average Bonchev–Trinajstić information content (AvgIpc) is 2.69. The van der Waals surface area contributed by atoms with Crippen molar-refractivity contribution in [3.05, 3.63) is 30.3 Å². The summed E-state index contributed by atoms with van der Waals surface area (Å²) in [5.41, 5.74) is 4.36. The van der Waals surface area contributed by atoms with Crippen LogP contribution in [-0.2, 0) is 4.79 Å². The smallest absolute Gasteiger partial charge is 0.278 e. The summed E-state index contributed by atoms with van der Waals surface area (Å²) in [6.07, 6.45) is 0.677. The highest BCUT2D eigenvalue weighted by molar-refractivity contribution is 6.40. The van der Waals surface area contributed by atoms with Crippen LogP contribution in [0.25, 0.3) is 0 Å². The molecule has 0 aromatic heterocycles. The second-order valence-electron chi connectivity index (χ2n) is 4.06. The van der Waals surface area contributed by atoms with Crippen LogP contribution in [0.5, 0.6) is 0 Å². The van der Waals surface area contributed by atoms with Crippen molar-refractivity contribution in [3.63, 3.8) is 0 Å². The molecule has 1 aliphatic heterocycles. The second kappa shape index (κ2) is 4.97. The zero-order chi connectivity index (χ0) is 12.3. The number of para-hydroxylation sites is 1. The summed E-state index contributed by atoms with van der Waals surface area (Å²) in [5, 5.41) is 7.61. The number of nitrogens with one attached hydrogen (secondary N) is 1. The van der Waals surface area contributed by atoms with Gasteiger partial charge < -0.3 is 0 Å². The molecule has 2 rings (SSSR count). The first-order valence-corrected chi connectivity index (χ1v) is 5.55. The van der Waals surface area contributed by atoms with E-state index < -0.39 is 0 Å². The number of hydrazone groups is 1. The predicted molar refractivity (Wildman–Crippen MR) is 67.5 cm³/mol. The minimum atomic E-state index is -0.0292. The first-order chi connectivity index (χ1) is 8.18. The monoisotopic (exact) mass is 232 g/mol. The molecule has 1 fully saturated rings. The van der Waals surface area contributed by atoms with Crippen LogP contribution in [-0.4, -0.2) is 42.3 Å². The topological polar surface area (TPSA) is 47.9 Å². The molecule has 0 radical (unpaired) electrons. The molecule has 0 unspecified atom stereocenters. The number of nitrogens with zero attached hydrogens (tertiary/aromatic N) is 3. The standard InChI is InChI=1S/C12H16N4O/c1-15(2)16-9-8-11(12(16)17)14-13-10-6-4-3-5-7-10/h3-7,13H,8-9H2,1-2H3. The molecule has 1 amide bonds. The quantitative estimate of drug-likeness (QED) is 0.796. The molecule has 5 heteroatoms. The zero-order valence-electron chi connectivity index (χ0n) is 10.1.